The van der Waals surface area contributed by atoms with E-state index in [9.17, 15) is 17.6 Å². The summed E-state index contributed by atoms with van der Waals surface area (Å²) < 4.78 is 43.9. The van der Waals surface area contributed by atoms with Crippen LogP contribution in [0, 0.1) is 11.7 Å². The van der Waals surface area contributed by atoms with E-state index in [1.807, 2.05) is 18.2 Å². The van der Waals surface area contributed by atoms with Crippen LogP contribution in [0.1, 0.15) is 49.0 Å². The maximum Gasteiger partial charge on any atom is 0.255 e. The van der Waals surface area contributed by atoms with Crippen LogP contribution in [-0.4, -0.2) is 69.1 Å². The molecule has 1 atom stereocenters. The van der Waals surface area contributed by atoms with Gasteiger partial charge in [-0.25, -0.2) is 17.1 Å². The van der Waals surface area contributed by atoms with Crippen LogP contribution < -0.4 is 10.1 Å². The normalized spacial score (nSPS) is 16.2. The Labute approximate surface area is 214 Å². The van der Waals surface area contributed by atoms with Gasteiger partial charge in [-0.2, -0.15) is 0 Å². The van der Waals surface area contributed by atoms with Crippen LogP contribution >= 0.6 is 0 Å². The van der Waals surface area contributed by atoms with Gasteiger partial charge in [0.05, 0.1) is 19.1 Å². The molecule has 0 radical (unpaired) electrons. The predicted molar refractivity (Wildman–Crippen MR) is 142 cm³/mol. The molecule has 1 aliphatic rings. The fourth-order valence-electron chi connectivity index (χ4n) is 4.78. The molecule has 1 amide bonds. The molecule has 2 aromatic carbocycles. The standard InChI is InChI=1S/C27H38FN3O4S/c1-5-14-30(19-21-12-15-31(16-13-21)36(4,33)34)20(2)17-22-6-11-26(35-3)25(18-22)29-27(32)23-7-9-24(28)10-8-23/h6-11,18,20-21H,5,12-17,19H2,1-4H3,(H,29,32)/t20-/m0/s1. The second-order valence-corrected chi connectivity index (χ2v) is 11.6. The molecule has 1 aliphatic heterocycles. The van der Waals surface area contributed by atoms with Gasteiger partial charge in [-0.05, 0) is 87.0 Å². The molecule has 0 unspecified atom stereocenters. The van der Waals surface area contributed by atoms with Crippen molar-refractivity contribution >= 4 is 21.6 Å². The van der Waals surface area contributed by atoms with Gasteiger partial charge in [0, 0.05) is 31.2 Å². The Morgan fingerprint density at radius 3 is 2.44 bits per heavy atom. The summed E-state index contributed by atoms with van der Waals surface area (Å²) in [6, 6.07) is 11.5. The summed E-state index contributed by atoms with van der Waals surface area (Å²) in [5, 5.41) is 2.89. The molecule has 1 fully saturated rings. The lowest BCUT2D eigenvalue weighted by atomic mass is 9.96. The quantitative estimate of drug-likeness (QED) is 0.476. The second kappa shape index (κ2) is 12.7. The van der Waals surface area contributed by atoms with Gasteiger partial charge >= 0.3 is 0 Å². The van der Waals surface area contributed by atoms with Gasteiger partial charge < -0.3 is 15.0 Å². The first-order valence-electron chi connectivity index (χ1n) is 12.5. The first kappa shape index (κ1) is 28.1. The number of anilines is 1. The van der Waals surface area contributed by atoms with Gasteiger partial charge in [0.2, 0.25) is 10.0 Å². The summed E-state index contributed by atoms with van der Waals surface area (Å²) in [6.45, 7) is 7.47. The number of methoxy groups -OCH3 is 1. The largest absolute Gasteiger partial charge is 0.495 e. The summed E-state index contributed by atoms with van der Waals surface area (Å²) in [5.41, 5.74) is 2.02. The number of ether oxygens (including phenoxy) is 1. The highest BCUT2D eigenvalue weighted by Gasteiger charge is 2.27. The molecule has 9 heteroatoms. The van der Waals surface area contributed by atoms with E-state index >= 15 is 0 Å². The van der Waals surface area contributed by atoms with Crippen LogP contribution in [0.25, 0.3) is 0 Å². The van der Waals surface area contributed by atoms with E-state index in [1.54, 1.807) is 11.4 Å². The van der Waals surface area contributed by atoms with Crippen molar-refractivity contribution in [3.05, 3.63) is 59.4 Å². The highest BCUT2D eigenvalue weighted by molar-refractivity contribution is 7.88. The number of sulfonamides is 1. The average molecular weight is 520 g/mol. The number of nitrogens with one attached hydrogen (secondary N) is 1. The molecular formula is C27H38FN3O4S. The van der Waals surface area contributed by atoms with E-state index in [0.717, 1.165) is 44.3 Å². The molecule has 2 aromatic rings. The fraction of sp³-hybridized carbons (Fsp3) is 0.519. The minimum absolute atomic E-state index is 0.270. The highest BCUT2D eigenvalue weighted by atomic mass is 32.2. The van der Waals surface area contributed by atoms with E-state index in [4.69, 9.17) is 4.74 Å². The monoisotopic (exact) mass is 519 g/mol. The smallest absolute Gasteiger partial charge is 0.255 e. The number of halogens is 1. The minimum Gasteiger partial charge on any atom is -0.495 e. The molecule has 7 nitrogen and oxygen atoms in total. The number of amides is 1. The molecule has 3 rings (SSSR count). The van der Waals surface area contributed by atoms with Crippen LogP contribution in [0.3, 0.4) is 0 Å². The summed E-state index contributed by atoms with van der Waals surface area (Å²) >= 11 is 0. The van der Waals surface area contributed by atoms with Crippen LogP contribution in [-0.2, 0) is 16.4 Å². The molecule has 0 aromatic heterocycles. The van der Waals surface area contributed by atoms with Gasteiger partial charge in [-0.15, -0.1) is 0 Å². The summed E-state index contributed by atoms with van der Waals surface area (Å²) in [4.78, 5) is 15.2. The van der Waals surface area contributed by atoms with E-state index in [2.05, 4.69) is 24.1 Å². The average Bonchev–Trinajstić information content (AvgIpc) is 2.84. The van der Waals surface area contributed by atoms with Crippen LogP contribution in [0.4, 0.5) is 10.1 Å². The van der Waals surface area contributed by atoms with Crippen LogP contribution in [0.2, 0.25) is 0 Å². The molecule has 198 valence electrons. The topological polar surface area (TPSA) is 79.0 Å². The number of benzene rings is 2. The van der Waals surface area contributed by atoms with Crippen molar-refractivity contribution in [1.29, 1.82) is 0 Å². The molecule has 0 spiro atoms. The molecule has 0 saturated carbocycles. The molecule has 36 heavy (non-hydrogen) atoms. The number of rotatable bonds is 11. The van der Waals surface area contributed by atoms with Gasteiger partial charge in [0.25, 0.3) is 5.91 Å². The number of carbonyl (C=O) groups excluding carboxylic acids is 1. The van der Waals surface area contributed by atoms with Crippen molar-refractivity contribution in [3.8, 4) is 5.75 Å². The highest BCUT2D eigenvalue weighted by Crippen LogP contribution is 2.28. The van der Waals surface area contributed by atoms with E-state index in [-0.39, 0.29) is 11.9 Å². The Hall–Kier alpha value is -2.49. The van der Waals surface area contributed by atoms with Crippen molar-refractivity contribution in [3.63, 3.8) is 0 Å². The van der Waals surface area contributed by atoms with Crippen molar-refractivity contribution in [1.82, 2.24) is 9.21 Å². The number of hydrogen-bond acceptors (Lipinski definition) is 5. The number of carbonyl (C=O) groups is 1. The van der Waals surface area contributed by atoms with Gasteiger partial charge in [-0.1, -0.05) is 13.0 Å². The third-order valence-corrected chi connectivity index (χ3v) is 8.12. The molecule has 0 bridgehead atoms. The Kier molecular flexibility index (Phi) is 9.87. The van der Waals surface area contributed by atoms with Crippen molar-refractivity contribution in [2.45, 2.75) is 45.6 Å². The Morgan fingerprint density at radius 2 is 1.86 bits per heavy atom. The molecular weight excluding hydrogens is 481 g/mol. The molecule has 0 aliphatic carbocycles. The third-order valence-electron chi connectivity index (χ3n) is 6.82. The molecule has 1 saturated heterocycles. The fourth-order valence-corrected chi connectivity index (χ4v) is 5.65. The number of piperidine rings is 1. The molecule has 1 heterocycles. The van der Waals surface area contributed by atoms with Gasteiger partial charge in [0.1, 0.15) is 11.6 Å². The van der Waals surface area contributed by atoms with E-state index in [1.165, 1.54) is 30.5 Å². The lowest BCUT2D eigenvalue weighted by Gasteiger charge is -2.36. The van der Waals surface area contributed by atoms with Crippen molar-refractivity contribution in [2.24, 2.45) is 5.92 Å². The zero-order valence-corrected chi connectivity index (χ0v) is 22.5. The zero-order valence-electron chi connectivity index (χ0n) is 21.7. The maximum atomic E-state index is 13.2. The number of hydrogen-bond donors (Lipinski definition) is 1. The SMILES string of the molecule is CCCN(CC1CCN(S(C)(=O)=O)CC1)[C@@H](C)Cc1ccc(OC)c(NC(=O)c2ccc(F)cc2)c1. The first-order valence-corrected chi connectivity index (χ1v) is 14.4. The maximum absolute atomic E-state index is 13.2. The van der Waals surface area contributed by atoms with E-state index < -0.39 is 15.8 Å². The van der Waals surface area contributed by atoms with Crippen LogP contribution in [0.5, 0.6) is 5.75 Å². The minimum atomic E-state index is -3.12. The van der Waals surface area contributed by atoms with Gasteiger partial charge in [-0.3, -0.25) is 4.79 Å². The lowest BCUT2D eigenvalue weighted by molar-refractivity contribution is 0.102. The van der Waals surface area contributed by atoms with Crippen molar-refractivity contribution < 1.29 is 22.3 Å². The first-order chi connectivity index (χ1) is 17.1. The predicted octanol–water partition coefficient (Wildman–Crippen LogP) is 4.40. The van der Waals surface area contributed by atoms with Crippen LogP contribution in [0.15, 0.2) is 42.5 Å². The third kappa shape index (κ3) is 7.75. The zero-order chi connectivity index (χ0) is 26.3. The number of nitrogens with zero attached hydrogens (tertiary/aromatic N) is 2. The summed E-state index contributed by atoms with van der Waals surface area (Å²) in [5.74, 6) is 0.313. The van der Waals surface area contributed by atoms with Gasteiger partial charge in [0.15, 0.2) is 0 Å². The summed E-state index contributed by atoms with van der Waals surface area (Å²) in [7, 11) is -1.56. The molecule has 1 N–H and O–H groups in total. The Morgan fingerprint density at radius 1 is 1.19 bits per heavy atom. The lowest BCUT2D eigenvalue weighted by Crippen LogP contribution is -2.44. The second-order valence-electron chi connectivity index (χ2n) is 9.65. The Balaban J connectivity index is 1.66. The Bertz CT molecular complexity index is 1120. The summed E-state index contributed by atoms with van der Waals surface area (Å²) in [6.07, 6.45) is 4.87. The van der Waals surface area contributed by atoms with Crippen molar-refractivity contribution in [2.75, 3.05) is 44.9 Å². The van der Waals surface area contributed by atoms with E-state index in [0.29, 0.717) is 36.0 Å².